The van der Waals surface area contributed by atoms with Crippen LogP contribution >= 0.6 is 0 Å². The number of carbonyl (C=O) groups is 2. The first kappa shape index (κ1) is 20.0. The lowest BCUT2D eigenvalue weighted by Crippen LogP contribution is -2.28. The number of fused-ring (bicyclic) bond motifs is 5. The van der Waals surface area contributed by atoms with Crippen LogP contribution in [0.3, 0.4) is 0 Å². The molecule has 1 saturated heterocycles. The largest absolute Gasteiger partial charge is 0.493 e. The van der Waals surface area contributed by atoms with E-state index in [1.54, 1.807) is 30.3 Å². The van der Waals surface area contributed by atoms with Crippen LogP contribution in [0.4, 0.5) is 0 Å². The summed E-state index contributed by atoms with van der Waals surface area (Å²) in [5.74, 6) is 0.359. The van der Waals surface area contributed by atoms with Crippen LogP contribution in [0, 0.1) is 35.0 Å². The van der Waals surface area contributed by atoms with E-state index in [-0.39, 0.29) is 42.1 Å². The van der Waals surface area contributed by atoms with Gasteiger partial charge in [-0.1, -0.05) is 30.4 Å². The quantitative estimate of drug-likeness (QED) is 0.401. The Kier molecular flexibility index (Phi) is 4.98. The fourth-order valence-corrected chi connectivity index (χ4v) is 4.92. The van der Waals surface area contributed by atoms with Crippen molar-refractivity contribution in [3.63, 3.8) is 0 Å². The molecule has 4 atom stereocenters. The number of imide groups is 1. The number of amides is 2. The maximum atomic E-state index is 12.7. The topological polar surface area (TPSA) is 92.0 Å². The maximum Gasteiger partial charge on any atom is 0.254 e. The van der Waals surface area contributed by atoms with Crippen LogP contribution in [0.2, 0.25) is 0 Å². The zero-order valence-corrected chi connectivity index (χ0v) is 17.5. The molecular weight excluding hydrogens is 406 g/mol. The third-order valence-electron chi connectivity index (χ3n) is 6.48. The Bertz CT molecular complexity index is 1170. The zero-order chi connectivity index (χ0) is 22.2. The number of nitrogens with zero attached hydrogens (tertiary/aromatic N) is 3. The number of hydrogen-bond acceptors (Lipinski definition) is 6. The highest BCUT2D eigenvalue weighted by atomic mass is 16.5. The molecule has 2 bridgehead atoms. The summed E-state index contributed by atoms with van der Waals surface area (Å²) in [4.78, 5) is 25.5. The molecule has 7 nitrogen and oxygen atoms in total. The minimum absolute atomic E-state index is 0.157. The van der Waals surface area contributed by atoms with Crippen molar-refractivity contribution in [1.82, 2.24) is 5.01 Å². The smallest absolute Gasteiger partial charge is 0.254 e. The molecule has 32 heavy (non-hydrogen) atoms. The average Bonchev–Trinajstić information content (AvgIpc) is 3.51. The molecule has 2 aromatic carbocycles. The Morgan fingerprint density at radius 1 is 1.09 bits per heavy atom. The first-order chi connectivity index (χ1) is 15.6. The molecule has 2 aromatic rings. The molecule has 0 unspecified atom stereocenters. The number of ether oxygens (including phenoxy) is 2. The summed E-state index contributed by atoms with van der Waals surface area (Å²) in [6.07, 6.45) is 6.50. The summed E-state index contributed by atoms with van der Waals surface area (Å²) in [6.45, 7) is 0.226. The Labute approximate surface area is 185 Å². The molecule has 2 fully saturated rings. The van der Waals surface area contributed by atoms with Gasteiger partial charge in [-0.3, -0.25) is 9.59 Å². The summed E-state index contributed by atoms with van der Waals surface area (Å²) in [6, 6.07) is 14.6. The number of carbonyl (C=O) groups excluding carboxylic acids is 2. The fourth-order valence-electron chi connectivity index (χ4n) is 4.92. The average molecular weight is 427 g/mol. The van der Waals surface area contributed by atoms with Crippen LogP contribution in [0.5, 0.6) is 11.5 Å². The second-order valence-electron chi connectivity index (χ2n) is 8.20. The fraction of sp³-hybridized carbons (Fsp3) is 0.280. The number of allylic oxidation sites excluding steroid dienone is 2. The van der Waals surface area contributed by atoms with E-state index >= 15 is 0 Å². The molecule has 160 valence electrons. The van der Waals surface area contributed by atoms with Gasteiger partial charge >= 0.3 is 0 Å². The number of rotatable bonds is 6. The van der Waals surface area contributed by atoms with Gasteiger partial charge in [0.2, 0.25) is 0 Å². The van der Waals surface area contributed by atoms with E-state index in [2.05, 4.69) is 23.3 Å². The van der Waals surface area contributed by atoms with Gasteiger partial charge < -0.3 is 9.47 Å². The number of hydrazone groups is 1. The molecule has 0 aromatic heterocycles. The lowest BCUT2D eigenvalue weighted by Gasteiger charge is -2.13. The van der Waals surface area contributed by atoms with Crippen LogP contribution in [0.15, 0.2) is 59.7 Å². The van der Waals surface area contributed by atoms with Crippen molar-refractivity contribution in [3.05, 3.63) is 71.3 Å². The van der Waals surface area contributed by atoms with Gasteiger partial charge in [-0.05, 0) is 48.1 Å². The molecule has 1 saturated carbocycles. The summed E-state index contributed by atoms with van der Waals surface area (Å²) < 4.78 is 11.3. The standard InChI is InChI=1S/C25H21N3O4/c1-31-21-10-15(6-9-20(21)32-14-19-5-3-2-4-18(19)12-26)13-27-28-24(29)22-16-7-8-17(11-16)23(22)25(28)30/h2-10,13,16-17,22-23H,11,14H2,1H3/t16-,17-,22-,23+/m0/s1. The van der Waals surface area contributed by atoms with Crippen LogP contribution in [0.25, 0.3) is 0 Å². The minimum atomic E-state index is -0.267. The Morgan fingerprint density at radius 3 is 2.50 bits per heavy atom. The van der Waals surface area contributed by atoms with Gasteiger partial charge in [-0.15, -0.1) is 0 Å². The molecule has 5 rings (SSSR count). The van der Waals surface area contributed by atoms with E-state index in [0.717, 1.165) is 17.0 Å². The Balaban J connectivity index is 1.30. The summed E-state index contributed by atoms with van der Waals surface area (Å²) >= 11 is 0. The summed E-state index contributed by atoms with van der Waals surface area (Å²) in [5.41, 5.74) is 2.01. The Hall–Kier alpha value is -3.92. The first-order valence-electron chi connectivity index (χ1n) is 10.5. The molecule has 1 heterocycles. The Morgan fingerprint density at radius 2 is 1.81 bits per heavy atom. The lowest BCUT2D eigenvalue weighted by molar-refractivity contribution is -0.140. The summed E-state index contributed by atoms with van der Waals surface area (Å²) in [7, 11) is 1.53. The van der Waals surface area contributed by atoms with E-state index in [1.807, 2.05) is 12.1 Å². The number of hydrogen-bond donors (Lipinski definition) is 0. The van der Waals surface area contributed by atoms with Crippen LogP contribution in [0.1, 0.15) is 23.1 Å². The van der Waals surface area contributed by atoms with Crippen molar-refractivity contribution >= 4 is 18.0 Å². The van der Waals surface area contributed by atoms with Crippen LogP contribution < -0.4 is 9.47 Å². The third-order valence-corrected chi connectivity index (χ3v) is 6.48. The van der Waals surface area contributed by atoms with Crippen molar-refractivity contribution in [1.29, 1.82) is 5.26 Å². The number of nitriles is 1. The van der Waals surface area contributed by atoms with Gasteiger partial charge in [0, 0.05) is 5.56 Å². The normalized spacial score (nSPS) is 25.4. The molecule has 0 N–H and O–H groups in total. The molecule has 3 aliphatic rings. The first-order valence-corrected chi connectivity index (χ1v) is 10.5. The highest BCUT2D eigenvalue weighted by Gasteiger charge is 2.59. The second kappa shape index (κ2) is 7.97. The molecular formula is C25H21N3O4. The second-order valence-corrected chi connectivity index (χ2v) is 8.20. The molecule has 0 spiro atoms. The third kappa shape index (κ3) is 3.25. The van der Waals surface area contributed by atoms with Crippen molar-refractivity contribution in [2.75, 3.05) is 7.11 Å². The lowest BCUT2D eigenvalue weighted by atomic mass is 9.85. The predicted molar refractivity (Wildman–Crippen MR) is 116 cm³/mol. The van der Waals surface area contributed by atoms with Gasteiger partial charge in [0.1, 0.15) is 6.61 Å². The maximum absolute atomic E-state index is 12.7. The van der Waals surface area contributed by atoms with E-state index in [9.17, 15) is 14.9 Å². The van der Waals surface area contributed by atoms with Crippen LogP contribution in [-0.4, -0.2) is 30.1 Å². The zero-order valence-electron chi connectivity index (χ0n) is 17.5. The summed E-state index contributed by atoms with van der Waals surface area (Å²) in [5, 5.41) is 14.5. The highest BCUT2D eigenvalue weighted by Crippen LogP contribution is 2.52. The molecule has 7 heteroatoms. The van der Waals surface area contributed by atoms with Crippen LogP contribution in [-0.2, 0) is 16.2 Å². The molecule has 1 aliphatic heterocycles. The van der Waals surface area contributed by atoms with Crippen molar-refractivity contribution < 1.29 is 19.1 Å². The van der Waals surface area contributed by atoms with E-state index in [1.165, 1.54) is 13.3 Å². The number of benzene rings is 2. The molecule has 2 amide bonds. The van der Waals surface area contributed by atoms with Gasteiger partial charge in [0.25, 0.3) is 11.8 Å². The minimum Gasteiger partial charge on any atom is -0.493 e. The van der Waals surface area contributed by atoms with Gasteiger partial charge in [0.05, 0.1) is 36.8 Å². The highest BCUT2D eigenvalue weighted by molar-refractivity contribution is 6.06. The van der Waals surface area contributed by atoms with Crippen molar-refractivity contribution in [2.45, 2.75) is 13.0 Å². The van der Waals surface area contributed by atoms with E-state index in [4.69, 9.17) is 9.47 Å². The SMILES string of the molecule is COc1cc(C=NN2C(=O)[C@@H]3[C@H](C2=O)[C@H]2C=C[C@H]3C2)ccc1OCc1ccccc1C#N. The molecule has 0 radical (unpaired) electrons. The van der Waals surface area contributed by atoms with Gasteiger partial charge in [-0.2, -0.15) is 15.4 Å². The predicted octanol–water partition coefficient (Wildman–Crippen LogP) is 3.29. The molecule has 2 aliphatic carbocycles. The number of methoxy groups -OCH3 is 1. The van der Waals surface area contributed by atoms with Crippen molar-refractivity contribution in [2.24, 2.45) is 28.8 Å². The van der Waals surface area contributed by atoms with Gasteiger partial charge in [-0.25, -0.2) is 0 Å². The van der Waals surface area contributed by atoms with Crippen molar-refractivity contribution in [3.8, 4) is 17.6 Å². The van der Waals surface area contributed by atoms with E-state index in [0.29, 0.717) is 22.6 Å². The monoisotopic (exact) mass is 427 g/mol. The van der Waals surface area contributed by atoms with Gasteiger partial charge in [0.15, 0.2) is 11.5 Å². The van der Waals surface area contributed by atoms with E-state index < -0.39 is 0 Å².